The highest BCUT2D eigenvalue weighted by Gasteiger charge is 2.32. The number of allylic oxidation sites excluding steroid dienone is 6. The van der Waals surface area contributed by atoms with E-state index in [2.05, 4.69) is 64.6 Å². The van der Waals surface area contributed by atoms with Crippen molar-refractivity contribution < 1.29 is 19.0 Å². The molecule has 0 spiro atoms. The minimum atomic E-state index is -1.23. The van der Waals surface area contributed by atoms with E-state index in [9.17, 15) is 14.3 Å². The van der Waals surface area contributed by atoms with Crippen molar-refractivity contribution >= 4 is 18.1 Å². The van der Waals surface area contributed by atoms with Crippen molar-refractivity contribution in [2.45, 2.75) is 78.3 Å². The Morgan fingerprint density at radius 2 is 1.83 bits per heavy atom. The molecule has 0 bridgehead atoms. The van der Waals surface area contributed by atoms with E-state index >= 15 is 0 Å². The minimum absolute atomic E-state index is 0.00920. The molecule has 3 nitrogen and oxygen atoms in total. The Bertz CT molecular complexity index is 1590. The minimum Gasteiger partial charge on any atom is -0.493 e. The molecule has 1 fully saturated rings. The molecular weight excluding hydrogens is 523 g/mol. The molecule has 2 aromatic carbocycles. The Balaban J connectivity index is 1.64. The summed E-state index contributed by atoms with van der Waals surface area (Å²) in [5.74, 6) is 0.902. The van der Waals surface area contributed by atoms with Gasteiger partial charge < -0.3 is 9.84 Å². The smallest absolute Gasteiger partial charge is 0.307 e. The molecule has 0 saturated heterocycles. The van der Waals surface area contributed by atoms with Gasteiger partial charge in [-0.2, -0.15) is 0 Å². The van der Waals surface area contributed by atoms with Crippen LogP contribution in [0.3, 0.4) is 0 Å². The van der Waals surface area contributed by atoms with E-state index in [0.29, 0.717) is 31.3 Å². The predicted molar refractivity (Wildman–Crippen MR) is 170 cm³/mol. The van der Waals surface area contributed by atoms with Crippen molar-refractivity contribution in [1.29, 1.82) is 0 Å². The number of fused-ring (bicyclic) bond motifs is 1. The summed E-state index contributed by atoms with van der Waals surface area (Å²) in [4.78, 5) is 11.3. The molecule has 0 aromatic heterocycles. The van der Waals surface area contributed by atoms with Crippen molar-refractivity contribution in [2.75, 3.05) is 6.61 Å². The summed E-state index contributed by atoms with van der Waals surface area (Å²) in [6.45, 7) is 13.0. The molecule has 0 radical (unpaired) electrons. The molecule has 1 N–H and O–H groups in total. The molecular formula is C38H43FO3. The molecule has 4 heteroatoms. The van der Waals surface area contributed by atoms with Crippen molar-refractivity contribution in [3.05, 3.63) is 105 Å². The number of carboxylic acids is 1. The van der Waals surface area contributed by atoms with Gasteiger partial charge in [-0.15, -0.1) is 0 Å². The number of rotatable bonds is 7. The van der Waals surface area contributed by atoms with Crippen LogP contribution in [-0.2, 0) is 22.4 Å². The van der Waals surface area contributed by atoms with E-state index in [-0.39, 0.29) is 6.42 Å². The molecule has 42 heavy (non-hydrogen) atoms. The zero-order valence-corrected chi connectivity index (χ0v) is 25.4. The number of carbonyl (C=O) groups is 1. The fourth-order valence-corrected chi connectivity index (χ4v) is 6.66. The first-order valence-electron chi connectivity index (χ1n) is 15.3. The normalized spacial score (nSPS) is 24.4. The Morgan fingerprint density at radius 1 is 1.12 bits per heavy atom. The molecule has 2 aliphatic carbocycles. The maximum Gasteiger partial charge on any atom is 0.307 e. The number of halogens is 1. The first-order valence-corrected chi connectivity index (χ1v) is 15.3. The maximum absolute atomic E-state index is 14.9. The Morgan fingerprint density at radius 3 is 2.50 bits per heavy atom. The van der Waals surface area contributed by atoms with Crippen LogP contribution in [0.4, 0.5) is 4.39 Å². The average Bonchev–Trinajstić information content (AvgIpc) is 2.95. The van der Waals surface area contributed by atoms with Crippen LogP contribution in [0.15, 0.2) is 83.2 Å². The average molecular weight is 567 g/mol. The first kappa shape index (κ1) is 29.8. The predicted octanol–water partition coefficient (Wildman–Crippen LogP) is 7.78. The summed E-state index contributed by atoms with van der Waals surface area (Å²) < 4.78 is 21.0. The lowest BCUT2D eigenvalue weighted by Crippen LogP contribution is -2.31. The van der Waals surface area contributed by atoms with E-state index in [1.165, 1.54) is 44.4 Å². The van der Waals surface area contributed by atoms with Gasteiger partial charge in [0.05, 0.1) is 6.42 Å². The number of hydrogen-bond donors (Lipinski definition) is 1. The van der Waals surface area contributed by atoms with Crippen molar-refractivity contribution in [1.82, 2.24) is 0 Å². The molecule has 1 atom stereocenters. The van der Waals surface area contributed by atoms with Gasteiger partial charge in [0, 0.05) is 5.57 Å². The standard InChI is InChI=1S/C38H43FO3/c1-6-38(39)15-13-29(14-16-38)18-30-19-32-22-33(37-26(4)25(3)23-42-27(37)5)17-24(2)7-12-34(32)35(20-30)31-10-8-28(9-11-31)21-36(40)41/h6,8-12,17,19-20,22,24,29H,1,7,13-16,18,21,23H2,2-5H3,(H,40,41). The van der Waals surface area contributed by atoms with E-state index in [1.807, 2.05) is 24.3 Å². The summed E-state index contributed by atoms with van der Waals surface area (Å²) in [7, 11) is 0. The van der Waals surface area contributed by atoms with Crippen LogP contribution in [0, 0.1) is 11.8 Å². The van der Waals surface area contributed by atoms with Gasteiger partial charge in [0.2, 0.25) is 0 Å². The number of aliphatic carboxylic acids is 1. The molecule has 1 aliphatic heterocycles. The van der Waals surface area contributed by atoms with E-state index < -0.39 is 11.6 Å². The SMILES string of the molecule is C=CC1(F)CCC(Cc2cc(-c3ccc(CC(=O)O)cc3)c3c(c2)=CC(C2=C(C)OCC(C)=C2C)=CC(C)CC=3)CC1. The summed E-state index contributed by atoms with van der Waals surface area (Å²) >= 11 is 0. The highest BCUT2D eigenvalue weighted by atomic mass is 19.1. The van der Waals surface area contributed by atoms with Crippen molar-refractivity contribution in [3.63, 3.8) is 0 Å². The third-order valence-electron chi connectivity index (χ3n) is 9.35. The lowest BCUT2D eigenvalue weighted by atomic mass is 9.77. The van der Waals surface area contributed by atoms with Crippen molar-refractivity contribution in [3.8, 4) is 11.1 Å². The fourth-order valence-electron chi connectivity index (χ4n) is 6.66. The Labute approximate surface area is 249 Å². The van der Waals surface area contributed by atoms with Crippen LogP contribution < -0.4 is 10.4 Å². The molecule has 1 unspecified atom stereocenters. The van der Waals surface area contributed by atoms with E-state index in [0.717, 1.165) is 48.1 Å². The highest BCUT2D eigenvalue weighted by molar-refractivity contribution is 5.73. The topological polar surface area (TPSA) is 46.5 Å². The summed E-state index contributed by atoms with van der Waals surface area (Å²) in [5, 5.41) is 11.6. The number of hydrogen-bond acceptors (Lipinski definition) is 2. The third-order valence-corrected chi connectivity index (χ3v) is 9.35. The Hall–Kier alpha value is -3.66. The highest BCUT2D eigenvalue weighted by Crippen LogP contribution is 2.37. The van der Waals surface area contributed by atoms with Gasteiger partial charge >= 0.3 is 5.97 Å². The third kappa shape index (κ3) is 6.53. The second-order valence-electron chi connectivity index (χ2n) is 12.6. The van der Waals surface area contributed by atoms with E-state index in [4.69, 9.17) is 4.74 Å². The van der Waals surface area contributed by atoms with Crippen molar-refractivity contribution in [2.24, 2.45) is 11.8 Å². The zero-order valence-electron chi connectivity index (χ0n) is 25.4. The van der Waals surface area contributed by atoms with Crippen LogP contribution in [0.5, 0.6) is 0 Å². The number of ether oxygens (including phenoxy) is 1. The van der Waals surface area contributed by atoms with Gasteiger partial charge in [-0.3, -0.25) is 4.79 Å². The molecule has 2 aromatic rings. The number of alkyl halides is 1. The largest absolute Gasteiger partial charge is 0.493 e. The van der Waals surface area contributed by atoms with Gasteiger partial charge in [-0.1, -0.05) is 68.1 Å². The van der Waals surface area contributed by atoms with Gasteiger partial charge in [-0.05, 0) is 127 Å². The summed E-state index contributed by atoms with van der Waals surface area (Å²) in [6, 6.07) is 12.6. The quantitative estimate of drug-likeness (QED) is 0.348. The monoisotopic (exact) mass is 566 g/mol. The van der Waals surface area contributed by atoms with Gasteiger partial charge in [-0.25, -0.2) is 4.39 Å². The molecule has 220 valence electrons. The van der Waals surface area contributed by atoms with Gasteiger partial charge in [0.25, 0.3) is 0 Å². The lowest BCUT2D eigenvalue weighted by Gasteiger charge is -2.31. The molecule has 3 aliphatic rings. The second-order valence-corrected chi connectivity index (χ2v) is 12.6. The maximum atomic E-state index is 14.9. The lowest BCUT2D eigenvalue weighted by molar-refractivity contribution is -0.136. The fraction of sp³-hybridized carbons (Fsp3) is 0.395. The van der Waals surface area contributed by atoms with Crippen LogP contribution in [0.1, 0.15) is 70.9 Å². The molecule has 5 rings (SSSR count). The Kier molecular flexibility index (Phi) is 8.73. The van der Waals surface area contributed by atoms with Crippen LogP contribution in [0.25, 0.3) is 23.3 Å². The van der Waals surface area contributed by atoms with Gasteiger partial charge in [0.1, 0.15) is 18.0 Å². The summed E-state index contributed by atoms with van der Waals surface area (Å²) in [6.07, 6.45) is 13.1. The second kappa shape index (κ2) is 12.3. The number of carboxylic acid groups (broad SMARTS) is 1. The zero-order chi connectivity index (χ0) is 30.0. The van der Waals surface area contributed by atoms with E-state index in [1.54, 1.807) is 0 Å². The first-order chi connectivity index (χ1) is 20.0. The van der Waals surface area contributed by atoms with Gasteiger partial charge in [0.15, 0.2) is 0 Å². The van der Waals surface area contributed by atoms with Crippen LogP contribution >= 0.6 is 0 Å². The van der Waals surface area contributed by atoms with Crippen LogP contribution in [-0.4, -0.2) is 23.4 Å². The number of benzene rings is 2. The van der Waals surface area contributed by atoms with Crippen LogP contribution in [0.2, 0.25) is 0 Å². The molecule has 0 amide bonds. The summed E-state index contributed by atoms with van der Waals surface area (Å²) in [5.41, 5.74) is 7.94. The molecule has 1 saturated carbocycles. The molecule has 1 heterocycles.